The van der Waals surface area contributed by atoms with Crippen LogP contribution >= 0.6 is 11.5 Å². The number of likely N-dealkylation sites (tertiary alicyclic amines) is 1. The molecule has 3 aromatic heterocycles. The highest BCUT2D eigenvalue weighted by Gasteiger charge is 2.33. The third-order valence-electron chi connectivity index (χ3n) is 5.67. The zero-order valence-corrected chi connectivity index (χ0v) is 23.0. The molecule has 4 rings (SSSR count). The Morgan fingerprint density at radius 2 is 1.90 bits per heavy atom. The highest BCUT2D eigenvalue weighted by Crippen LogP contribution is 2.30. The number of hydrogen-bond donors (Lipinski definition) is 2. The second-order valence-electron chi connectivity index (χ2n) is 10.1. The molecule has 2 N–H and O–H groups in total. The van der Waals surface area contributed by atoms with Crippen molar-refractivity contribution >= 4 is 40.0 Å². The summed E-state index contributed by atoms with van der Waals surface area (Å²) in [6, 6.07) is 3.25. The summed E-state index contributed by atoms with van der Waals surface area (Å²) in [5.41, 5.74) is -0.635. The van der Waals surface area contributed by atoms with Crippen LogP contribution in [0, 0.1) is 12.8 Å². The fourth-order valence-corrected chi connectivity index (χ4v) is 4.58. The van der Waals surface area contributed by atoms with Crippen LogP contribution in [-0.4, -0.2) is 61.5 Å². The van der Waals surface area contributed by atoms with E-state index in [1.807, 2.05) is 20.8 Å². The molecular formula is C25H28F3N7O4S. The van der Waals surface area contributed by atoms with Crippen molar-refractivity contribution < 1.29 is 32.2 Å². The smallest absolute Gasteiger partial charge is 0.434 e. The summed E-state index contributed by atoms with van der Waals surface area (Å²) in [5.74, 6) is 0.0518. The number of nitrogens with one attached hydrogen (secondary N) is 2. The summed E-state index contributed by atoms with van der Waals surface area (Å²) < 4.78 is 53.6. The zero-order chi connectivity index (χ0) is 29.1. The number of carbonyl (C=O) groups is 2. The van der Waals surface area contributed by atoms with E-state index in [1.54, 1.807) is 24.0 Å². The maximum absolute atomic E-state index is 13.0. The quantitative estimate of drug-likeness (QED) is 0.383. The Kier molecular flexibility index (Phi) is 8.42. The molecule has 1 fully saturated rings. The molecule has 1 aliphatic rings. The molecule has 3 aromatic rings. The lowest BCUT2D eigenvalue weighted by atomic mass is 10.1. The Morgan fingerprint density at radius 3 is 2.52 bits per heavy atom. The number of pyridine rings is 1. The van der Waals surface area contributed by atoms with Gasteiger partial charge in [0.2, 0.25) is 5.88 Å². The number of hydrogen-bond acceptors (Lipinski definition) is 10. The number of nitrogens with zero attached hydrogens (tertiary/aromatic N) is 5. The van der Waals surface area contributed by atoms with Crippen LogP contribution in [0.15, 0.2) is 30.7 Å². The summed E-state index contributed by atoms with van der Waals surface area (Å²) in [6.07, 6.45) is -1.17. The lowest BCUT2D eigenvalue weighted by Gasteiger charge is -2.24. The number of halogens is 3. The molecule has 0 spiro atoms. The third-order valence-corrected chi connectivity index (χ3v) is 6.53. The largest absolute Gasteiger partial charge is 0.477 e. The van der Waals surface area contributed by atoms with Crippen molar-refractivity contribution in [1.29, 1.82) is 0 Å². The van der Waals surface area contributed by atoms with Gasteiger partial charge in [-0.3, -0.25) is 4.79 Å². The van der Waals surface area contributed by atoms with Gasteiger partial charge in [0, 0.05) is 25.1 Å². The van der Waals surface area contributed by atoms with Crippen molar-refractivity contribution in [3.05, 3.63) is 47.7 Å². The molecule has 0 radical (unpaired) electrons. The van der Waals surface area contributed by atoms with Crippen molar-refractivity contribution in [2.24, 2.45) is 5.92 Å². The summed E-state index contributed by atoms with van der Waals surface area (Å²) in [5, 5.41) is 5.83. The van der Waals surface area contributed by atoms with Gasteiger partial charge in [0.05, 0.1) is 42.1 Å². The number of anilines is 3. The standard InChI is InChI=1S/C25H28F3N7O4S/c1-14-20(22(40-34-14)33-18-11-29-17(10-30-18)25(26,27)28)21(36)32-16-5-6-19(31-9-16)38-13-15-7-8-35(12-15)23(37)39-24(2,3)4/h5-6,9-11,15H,7-8,12-13H2,1-4H3,(H,30,33)(H,32,36)/t15-/m1/s1. The molecule has 4 heterocycles. The topological polar surface area (TPSA) is 131 Å². The van der Waals surface area contributed by atoms with Crippen molar-refractivity contribution in [3.8, 4) is 5.88 Å². The lowest BCUT2D eigenvalue weighted by molar-refractivity contribution is -0.141. The van der Waals surface area contributed by atoms with Crippen LogP contribution in [0.2, 0.25) is 0 Å². The fourth-order valence-electron chi connectivity index (χ4n) is 3.78. The maximum Gasteiger partial charge on any atom is 0.434 e. The van der Waals surface area contributed by atoms with E-state index in [4.69, 9.17) is 9.47 Å². The number of alkyl halides is 3. The number of rotatable bonds is 7. The third kappa shape index (κ3) is 7.55. The van der Waals surface area contributed by atoms with Gasteiger partial charge in [-0.25, -0.2) is 19.7 Å². The van der Waals surface area contributed by atoms with E-state index in [-0.39, 0.29) is 23.4 Å². The predicted molar refractivity (Wildman–Crippen MR) is 141 cm³/mol. The van der Waals surface area contributed by atoms with E-state index in [0.717, 1.165) is 24.2 Å². The van der Waals surface area contributed by atoms with Crippen molar-refractivity contribution in [2.45, 2.75) is 45.9 Å². The van der Waals surface area contributed by atoms with E-state index in [9.17, 15) is 22.8 Å². The van der Waals surface area contributed by atoms with Gasteiger partial charge < -0.3 is 25.0 Å². The summed E-state index contributed by atoms with van der Waals surface area (Å²) >= 11 is 0.965. The summed E-state index contributed by atoms with van der Waals surface area (Å²) in [7, 11) is 0. The van der Waals surface area contributed by atoms with Gasteiger partial charge in [-0.2, -0.15) is 17.5 Å². The highest BCUT2D eigenvalue weighted by atomic mass is 32.1. The van der Waals surface area contributed by atoms with Crippen LogP contribution in [0.4, 0.5) is 34.5 Å². The molecule has 0 bridgehead atoms. The average Bonchev–Trinajstić information content (AvgIpc) is 3.49. The van der Waals surface area contributed by atoms with E-state index in [0.29, 0.717) is 48.2 Å². The molecule has 0 saturated carbocycles. The van der Waals surface area contributed by atoms with Crippen LogP contribution in [0.3, 0.4) is 0 Å². The number of amides is 2. The average molecular weight is 580 g/mol. The normalized spacial score (nSPS) is 15.6. The first-order valence-corrected chi connectivity index (χ1v) is 13.1. The van der Waals surface area contributed by atoms with E-state index >= 15 is 0 Å². The molecule has 15 heteroatoms. The van der Waals surface area contributed by atoms with E-state index in [1.165, 1.54) is 6.20 Å². The molecule has 214 valence electrons. The Labute approximate surface area is 232 Å². The Bertz CT molecular complexity index is 1340. The van der Waals surface area contributed by atoms with Gasteiger partial charge in [0.25, 0.3) is 5.91 Å². The zero-order valence-electron chi connectivity index (χ0n) is 22.2. The first-order chi connectivity index (χ1) is 18.8. The van der Waals surface area contributed by atoms with Crippen LogP contribution in [0.25, 0.3) is 0 Å². The van der Waals surface area contributed by atoms with Gasteiger partial charge in [-0.05, 0) is 51.7 Å². The lowest BCUT2D eigenvalue weighted by Crippen LogP contribution is -2.35. The number of aryl methyl sites for hydroxylation is 1. The van der Waals surface area contributed by atoms with E-state index in [2.05, 4.69) is 30.0 Å². The first kappa shape index (κ1) is 29.0. The summed E-state index contributed by atoms with van der Waals surface area (Å²) in [6.45, 7) is 8.62. The van der Waals surface area contributed by atoms with Gasteiger partial charge in [-0.1, -0.05) is 0 Å². The minimum Gasteiger partial charge on any atom is -0.477 e. The van der Waals surface area contributed by atoms with E-state index < -0.39 is 23.4 Å². The van der Waals surface area contributed by atoms with Gasteiger partial charge in [0.15, 0.2) is 5.69 Å². The molecule has 40 heavy (non-hydrogen) atoms. The van der Waals surface area contributed by atoms with Gasteiger partial charge in [-0.15, -0.1) is 0 Å². The van der Waals surface area contributed by atoms with Crippen molar-refractivity contribution in [1.82, 2.24) is 24.2 Å². The first-order valence-electron chi connectivity index (χ1n) is 12.3. The minimum atomic E-state index is -4.61. The Hall–Kier alpha value is -4.01. The maximum atomic E-state index is 13.0. The Morgan fingerprint density at radius 1 is 1.12 bits per heavy atom. The Balaban J connectivity index is 1.30. The molecule has 1 saturated heterocycles. The molecular weight excluding hydrogens is 551 g/mol. The number of ether oxygens (including phenoxy) is 2. The molecule has 2 amide bonds. The molecule has 1 atom stereocenters. The van der Waals surface area contributed by atoms with Crippen LogP contribution in [0.1, 0.15) is 48.9 Å². The number of aromatic nitrogens is 4. The summed E-state index contributed by atoms with van der Waals surface area (Å²) in [4.78, 5) is 38.2. The fraction of sp³-hybridized carbons (Fsp3) is 0.440. The second kappa shape index (κ2) is 11.6. The number of carbonyl (C=O) groups excluding carboxylic acids is 2. The monoisotopic (exact) mass is 579 g/mol. The van der Waals surface area contributed by atoms with Crippen LogP contribution in [0.5, 0.6) is 5.88 Å². The van der Waals surface area contributed by atoms with Crippen LogP contribution in [-0.2, 0) is 10.9 Å². The molecule has 1 aliphatic heterocycles. The van der Waals surface area contributed by atoms with Crippen LogP contribution < -0.4 is 15.4 Å². The second-order valence-corrected chi connectivity index (χ2v) is 10.9. The molecule has 11 nitrogen and oxygen atoms in total. The highest BCUT2D eigenvalue weighted by molar-refractivity contribution is 7.10. The minimum absolute atomic E-state index is 0.0327. The van der Waals surface area contributed by atoms with Gasteiger partial charge >= 0.3 is 12.3 Å². The molecule has 0 aromatic carbocycles. The van der Waals surface area contributed by atoms with Gasteiger partial charge in [0.1, 0.15) is 16.4 Å². The SMILES string of the molecule is Cc1nsc(Nc2cnc(C(F)(F)F)cn2)c1C(=O)Nc1ccc(OC[C@@H]2CCN(C(=O)OC(C)(C)C)C2)nc1. The molecule has 0 aliphatic carbocycles. The predicted octanol–water partition coefficient (Wildman–Crippen LogP) is 5.29. The van der Waals surface area contributed by atoms with Crippen molar-refractivity contribution in [2.75, 3.05) is 30.3 Å². The van der Waals surface area contributed by atoms with Crippen molar-refractivity contribution in [3.63, 3.8) is 0 Å². The molecule has 0 unspecified atom stereocenters.